The van der Waals surface area contributed by atoms with Gasteiger partial charge in [-0.2, -0.15) is 0 Å². The van der Waals surface area contributed by atoms with Crippen LogP contribution >= 0.6 is 23.5 Å². The fourth-order valence-electron chi connectivity index (χ4n) is 3.40. The lowest BCUT2D eigenvalue weighted by atomic mass is 10.1. The molecular weight excluding hydrogens is 424 g/mol. The van der Waals surface area contributed by atoms with Crippen molar-refractivity contribution in [3.63, 3.8) is 0 Å². The number of nitrogens with one attached hydrogen (secondary N) is 2. The summed E-state index contributed by atoms with van der Waals surface area (Å²) in [6.45, 7) is 8.92. The van der Waals surface area contributed by atoms with Crippen molar-refractivity contribution < 1.29 is 9.59 Å². The van der Waals surface area contributed by atoms with E-state index < -0.39 is 0 Å². The molecule has 6 heteroatoms. The molecule has 1 fully saturated rings. The van der Waals surface area contributed by atoms with Crippen LogP contribution in [0.3, 0.4) is 0 Å². The van der Waals surface area contributed by atoms with Gasteiger partial charge in [0.2, 0.25) is 0 Å². The Labute approximate surface area is 194 Å². The van der Waals surface area contributed by atoms with Crippen molar-refractivity contribution in [1.29, 1.82) is 0 Å². The largest absolute Gasteiger partial charge is 0.350 e. The van der Waals surface area contributed by atoms with E-state index in [0.717, 1.165) is 22.6 Å². The predicted octanol–water partition coefficient (Wildman–Crippen LogP) is 5.63. The van der Waals surface area contributed by atoms with Crippen molar-refractivity contribution in [2.24, 2.45) is 5.92 Å². The molecule has 0 heterocycles. The minimum Gasteiger partial charge on any atom is -0.350 e. The fraction of sp³-hybridized carbons (Fsp3) is 0.440. The molecule has 1 atom stereocenters. The average molecular weight is 457 g/mol. The van der Waals surface area contributed by atoms with Crippen LogP contribution in [-0.4, -0.2) is 34.9 Å². The van der Waals surface area contributed by atoms with Gasteiger partial charge in [-0.3, -0.25) is 9.59 Å². The van der Waals surface area contributed by atoms with Gasteiger partial charge in [-0.05, 0) is 43.0 Å². The summed E-state index contributed by atoms with van der Waals surface area (Å²) in [6.07, 6.45) is 2.17. The van der Waals surface area contributed by atoms with E-state index in [0.29, 0.717) is 34.1 Å². The van der Waals surface area contributed by atoms with E-state index in [-0.39, 0.29) is 17.9 Å². The first-order valence-electron chi connectivity index (χ1n) is 11.0. The Bertz CT molecular complexity index is 910. The number of rotatable bonds is 10. The molecule has 0 aliphatic heterocycles. The molecule has 2 N–H and O–H groups in total. The van der Waals surface area contributed by atoms with Crippen LogP contribution in [0.25, 0.3) is 0 Å². The third kappa shape index (κ3) is 7.04. The highest BCUT2D eigenvalue weighted by molar-refractivity contribution is 8.00. The normalized spacial score (nSPS) is 14.5. The molecule has 0 bridgehead atoms. The maximum Gasteiger partial charge on any atom is 0.252 e. The standard InChI is InChI=1S/C25H32N2O2S2/c1-16(2)30-22-11-7-5-9-19(22)24(28)26-15-21(18-13-14-18)27-25(29)20-10-6-8-12-23(20)31-17(3)4/h5-12,16-18,21H,13-15H2,1-4H3,(H,26,28)(H,27,29). The SMILES string of the molecule is CC(C)Sc1ccccc1C(=O)NCC(NC(=O)c1ccccc1SC(C)C)C1CC1. The van der Waals surface area contributed by atoms with E-state index >= 15 is 0 Å². The second-order valence-electron chi connectivity index (χ2n) is 8.45. The van der Waals surface area contributed by atoms with Crippen LogP contribution in [0, 0.1) is 5.92 Å². The van der Waals surface area contributed by atoms with Crippen molar-refractivity contribution >= 4 is 35.3 Å². The maximum absolute atomic E-state index is 13.0. The Morgan fingerprint density at radius 3 is 1.81 bits per heavy atom. The number of carbonyl (C=O) groups excluding carboxylic acids is 2. The highest BCUT2D eigenvalue weighted by Crippen LogP contribution is 2.33. The molecule has 1 saturated carbocycles. The van der Waals surface area contributed by atoms with Gasteiger partial charge in [-0.25, -0.2) is 0 Å². The number of hydrogen-bond acceptors (Lipinski definition) is 4. The van der Waals surface area contributed by atoms with Gasteiger partial charge in [0.1, 0.15) is 0 Å². The van der Waals surface area contributed by atoms with E-state index in [1.165, 1.54) is 0 Å². The highest BCUT2D eigenvalue weighted by atomic mass is 32.2. The van der Waals surface area contributed by atoms with Crippen LogP contribution < -0.4 is 10.6 Å². The first-order chi connectivity index (χ1) is 14.8. The zero-order valence-electron chi connectivity index (χ0n) is 18.7. The van der Waals surface area contributed by atoms with Gasteiger partial charge in [-0.1, -0.05) is 52.0 Å². The molecule has 2 amide bonds. The topological polar surface area (TPSA) is 58.2 Å². The van der Waals surface area contributed by atoms with Gasteiger partial charge < -0.3 is 10.6 Å². The zero-order chi connectivity index (χ0) is 22.4. The van der Waals surface area contributed by atoms with Crippen molar-refractivity contribution in [3.8, 4) is 0 Å². The number of amides is 2. The number of carbonyl (C=O) groups is 2. The third-order valence-electron chi connectivity index (χ3n) is 4.98. The molecule has 1 aliphatic carbocycles. The summed E-state index contributed by atoms with van der Waals surface area (Å²) in [4.78, 5) is 27.9. The Morgan fingerprint density at radius 1 is 0.839 bits per heavy atom. The lowest BCUT2D eigenvalue weighted by Gasteiger charge is -2.21. The summed E-state index contributed by atoms with van der Waals surface area (Å²) in [7, 11) is 0. The summed E-state index contributed by atoms with van der Waals surface area (Å²) < 4.78 is 0. The van der Waals surface area contributed by atoms with Gasteiger partial charge in [0.15, 0.2) is 0 Å². The molecule has 2 aromatic carbocycles. The molecule has 3 rings (SSSR count). The Morgan fingerprint density at radius 2 is 1.32 bits per heavy atom. The van der Waals surface area contributed by atoms with Crippen molar-refractivity contribution in [1.82, 2.24) is 10.6 Å². The van der Waals surface area contributed by atoms with Gasteiger partial charge in [0, 0.05) is 32.9 Å². The summed E-state index contributed by atoms with van der Waals surface area (Å²) in [5, 5.41) is 7.05. The second-order valence-corrected chi connectivity index (χ2v) is 11.7. The zero-order valence-corrected chi connectivity index (χ0v) is 20.3. The molecule has 0 aromatic heterocycles. The lowest BCUT2D eigenvalue weighted by Crippen LogP contribution is -2.45. The molecule has 0 saturated heterocycles. The first-order valence-corrected chi connectivity index (χ1v) is 12.7. The van der Waals surface area contributed by atoms with E-state index in [9.17, 15) is 9.59 Å². The van der Waals surface area contributed by atoms with E-state index in [1.54, 1.807) is 23.5 Å². The second kappa shape index (κ2) is 11.1. The van der Waals surface area contributed by atoms with Crippen LogP contribution in [0.15, 0.2) is 58.3 Å². The van der Waals surface area contributed by atoms with Crippen molar-refractivity contribution in [2.75, 3.05) is 6.54 Å². The third-order valence-corrected chi connectivity index (χ3v) is 7.14. The number of thioether (sulfide) groups is 2. The van der Waals surface area contributed by atoms with E-state index in [2.05, 4.69) is 38.3 Å². The number of benzene rings is 2. The van der Waals surface area contributed by atoms with Crippen molar-refractivity contribution in [3.05, 3.63) is 59.7 Å². The van der Waals surface area contributed by atoms with E-state index in [1.807, 2.05) is 48.5 Å². The maximum atomic E-state index is 13.0. The molecule has 166 valence electrons. The summed E-state index contributed by atoms with van der Waals surface area (Å²) >= 11 is 3.38. The summed E-state index contributed by atoms with van der Waals surface area (Å²) in [5.74, 6) is 0.277. The molecule has 1 aliphatic rings. The monoisotopic (exact) mass is 456 g/mol. The lowest BCUT2D eigenvalue weighted by molar-refractivity contribution is 0.0900. The fourth-order valence-corrected chi connectivity index (χ4v) is 5.31. The minimum atomic E-state index is -0.0839. The van der Waals surface area contributed by atoms with Crippen molar-refractivity contribution in [2.45, 2.75) is 66.9 Å². The molecule has 0 spiro atoms. The summed E-state index contributed by atoms with van der Waals surface area (Å²) in [6, 6.07) is 15.4. The molecule has 4 nitrogen and oxygen atoms in total. The van der Waals surface area contributed by atoms with Crippen LogP contribution in [0.2, 0.25) is 0 Å². The van der Waals surface area contributed by atoms with Gasteiger partial charge in [0.05, 0.1) is 11.1 Å². The van der Waals surface area contributed by atoms with Gasteiger partial charge >= 0.3 is 0 Å². The quantitative estimate of drug-likeness (QED) is 0.455. The Hall–Kier alpha value is -1.92. The predicted molar refractivity (Wildman–Crippen MR) is 131 cm³/mol. The molecule has 0 radical (unpaired) electrons. The molecular formula is C25H32N2O2S2. The Balaban J connectivity index is 1.66. The van der Waals surface area contributed by atoms with E-state index in [4.69, 9.17) is 0 Å². The smallest absolute Gasteiger partial charge is 0.252 e. The minimum absolute atomic E-state index is 0.0570. The van der Waals surface area contributed by atoms with Crippen LogP contribution in [0.1, 0.15) is 61.3 Å². The summed E-state index contributed by atoms with van der Waals surface area (Å²) in [5.41, 5.74) is 1.40. The molecule has 31 heavy (non-hydrogen) atoms. The van der Waals surface area contributed by atoms with Gasteiger partial charge in [0.25, 0.3) is 11.8 Å². The number of hydrogen-bond donors (Lipinski definition) is 2. The van der Waals surface area contributed by atoms with Crippen LogP contribution in [-0.2, 0) is 0 Å². The molecule has 1 unspecified atom stereocenters. The van der Waals surface area contributed by atoms with Crippen LogP contribution in [0.5, 0.6) is 0 Å². The van der Waals surface area contributed by atoms with Gasteiger partial charge in [-0.15, -0.1) is 23.5 Å². The highest BCUT2D eigenvalue weighted by Gasteiger charge is 2.33. The van der Waals surface area contributed by atoms with Crippen LogP contribution in [0.4, 0.5) is 0 Å². The average Bonchev–Trinajstić information content (AvgIpc) is 3.56. The Kier molecular flexibility index (Phi) is 8.50. The molecule has 2 aromatic rings. The first kappa shape index (κ1) is 23.7.